The fourth-order valence-corrected chi connectivity index (χ4v) is 14.4. The summed E-state index contributed by atoms with van der Waals surface area (Å²) in [5.74, 6) is -0.439. The topological polar surface area (TPSA) is 51.1 Å². The highest BCUT2D eigenvalue weighted by Crippen LogP contribution is 2.41. The van der Waals surface area contributed by atoms with Gasteiger partial charge in [0.1, 0.15) is 37.9 Å². The highest BCUT2D eigenvalue weighted by atomic mass is 16.3. The molecule has 17 aromatic rings. The zero-order valence-corrected chi connectivity index (χ0v) is 53.9. The summed E-state index contributed by atoms with van der Waals surface area (Å²) in [7, 11) is 6.15. The van der Waals surface area contributed by atoms with Gasteiger partial charge in [-0.2, -0.15) is 13.7 Å². The number of benzene rings is 11. The Morgan fingerprint density at radius 3 is 1.15 bits per heavy atom. The van der Waals surface area contributed by atoms with Crippen LogP contribution in [0, 0.1) is 27.6 Å². The first-order valence-electron chi connectivity index (χ1n) is 34.7. The second-order valence-corrected chi connectivity index (χ2v) is 25.7. The van der Waals surface area contributed by atoms with Crippen LogP contribution in [-0.2, 0) is 21.1 Å². The lowest BCUT2D eigenvalue weighted by Crippen LogP contribution is -2.30. The van der Waals surface area contributed by atoms with Gasteiger partial charge in [-0.3, -0.25) is 0 Å². The van der Waals surface area contributed by atoms with Crippen LogP contribution in [0.2, 0.25) is 0 Å². The van der Waals surface area contributed by atoms with Gasteiger partial charge in [0.25, 0.3) is 0 Å². The van der Waals surface area contributed by atoms with E-state index >= 15 is 0 Å². The normalized spacial score (nSPS) is 13.9. The van der Waals surface area contributed by atoms with Crippen molar-refractivity contribution in [1.82, 2.24) is 0 Å². The maximum atomic E-state index is 9.01. The summed E-state index contributed by atoms with van der Waals surface area (Å²) < 4.78 is 57.3. The first kappa shape index (κ1) is 53.7. The van der Waals surface area contributed by atoms with Crippen LogP contribution in [0.3, 0.4) is 0 Å². The van der Waals surface area contributed by atoms with Crippen molar-refractivity contribution < 1.29 is 32.4 Å². The SMILES string of the molecule is Cc1ccccc1-c1cc2c(c[n+]1C)oc1cc3cc(-c4ccccc4)ccc3cc12.[2H]C([2H])([2H])c1ccc(-c2cc3c(c[n+]2C)oc2cc4cc(-c5ccccc5)ccc4cc23)c(C)c1.[2H]C1(c2ccc3cc4c(cc3c2)oc2c[n+](C)c(-c3ccccc3C)cc24)CCCCC1. The molecule has 6 aromatic heterocycles. The number of hydrogen-bond acceptors (Lipinski definition) is 3. The standard InChI is InChI=1S/C30H24NO.C29H28NO.C29H22NO/c1-19-9-12-25(20(2)13-19)28-17-27-26-15-23-11-10-22(21-7-5-4-6-8-21)14-24(23)16-29(26)32-30(27)18-31(28)3;2*1-19-8-6-7-11-24(19)27-17-26-25-15-22-13-12-21(20-9-4-3-5-10-20)14-23(22)16-28(25)31-29(26)18-30(27)2/h4-18H,1-3H3;6-8,11-18,20H,3-5,9-10H2,1-2H3;3-18H,1-2H3/q3*+1/i1D3;20D;. The van der Waals surface area contributed by atoms with E-state index in [1.807, 2.05) is 42.9 Å². The van der Waals surface area contributed by atoms with Gasteiger partial charge in [-0.25, -0.2) is 0 Å². The Labute approximate surface area is 553 Å². The van der Waals surface area contributed by atoms with Crippen molar-refractivity contribution >= 4 is 98.1 Å². The molecule has 0 saturated heterocycles. The number of aromatic nitrogens is 3. The van der Waals surface area contributed by atoms with Crippen molar-refractivity contribution in [3.63, 3.8) is 0 Å². The molecule has 0 bridgehead atoms. The van der Waals surface area contributed by atoms with E-state index in [-0.39, 0.29) is 0 Å². The molecule has 11 aromatic carbocycles. The predicted molar refractivity (Wildman–Crippen MR) is 389 cm³/mol. The van der Waals surface area contributed by atoms with Crippen molar-refractivity contribution in [3.8, 4) is 56.0 Å². The van der Waals surface area contributed by atoms with Gasteiger partial charge in [-0.1, -0.05) is 176 Å². The lowest BCUT2D eigenvalue weighted by molar-refractivity contribution is -0.659. The van der Waals surface area contributed by atoms with E-state index < -0.39 is 12.7 Å². The monoisotopic (exact) mass is 1220 g/mol. The third kappa shape index (κ3) is 10.8. The van der Waals surface area contributed by atoms with E-state index in [0.29, 0.717) is 5.56 Å². The number of rotatable bonds is 6. The third-order valence-corrected chi connectivity index (χ3v) is 19.5. The predicted octanol–water partition coefficient (Wildman–Crippen LogP) is 22.3. The van der Waals surface area contributed by atoms with Crippen LogP contribution in [0.25, 0.3) is 154 Å². The van der Waals surface area contributed by atoms with Gasteiger partial charge in [0.15, 0.2) is 16.7 Å². The quantitative estimate of drug-likeness (QED) is 0.156. The minimum absolute atomic E-state index is 0.359. The van der Waals surface area contributed by atoms with Gasteiger partial charge in [0.05, 0.1) is 0 Å². The Balaban J connectivity index is 0.000000115. The van der Waals surface area contributed by atoms with E-state index in [1.165, 1.54) is 78.5 Å². The van der Waals surface area contributed by atoms with Crippen LogP contribution in [-0.4, -0.2) is 0 Å². The number of pyridine rings is 3. The molecule has 0 atom stereocenters. The number of hydrogen-bond donors (Lipinski definition) is 0. The first-order chi connectivity index (χ1) is 47.5. The molecule has 94 heavy (non-hydrogen) atoms. The molecular formula is C88H74N3O3+3. The van der Waals surface area contributed by atoms with E-state index in [2.05, 4.69) is 256 Å². The molecule has 0 aliphatic heterocycles. The van der Waals surface area contributed by atoms with E-state index in [1.54, 1.807) is 12.1 Å². The zero-order chi connectivity index (χ0) is 67.1. The van der Waals surface area contributed by atoms with Gasteiger partial charge in [0.2, 0.25) is 35.7 Å². The average Bonchev–Trinajstić information content (AvgIpc) is 1.62. The molecule has 1 aliphatic rings. The zero-order valence-electron chi connectivity index (χ0n) is 57.9. The van der Waals surface area contributed by atoms with Gasteiger partial charge >= 0.3 is 0 Å². The summed E-state index contributed by atoms with van der Waals surface area (Å²) in [4.78, 5) is 0. The third-order valence-electron chi connectivity index (χ3n) is 19.5. The van der Waals surface area contributed by atoms with Gasteiger partial charge < -0.3 is 13.3 Å². The first-order valence-corrected chi connectivity index (χ1v) is 32.7. The Hall–Kier alpha value is -11.0. The van der Waals surface area contributed by atoms with Crippen molar-refractivity contribution in [3.05, 3.63) is 283 Å². The maximum Gasteiger partial charge on any atom is 0.213 e. The van der Waals surface area contributed by atoms with Gasteiger partial charge in [-0.15, -0.1) is 0 Å². The smallest absolute Gasteiger partial charge is 0.213 e. The van der Waals surface area contributed by atoms with Crippen LogP contribution in [0.15, 0.2) is 268 Å². The minimum Gasteiger partial charge on any atom is -0.450 e. The second-order valence-electron chi connectivity index (χ2n) is 25.7. The van der Waals surface area contributed by atoms with Crippen molar-refractivity contribution in [2.24, 2.45) is 21.1 Å². The van der Waals surface area contributed by atoms with Crippen LogP contribution >= 0.6 is 0 Å². The highest BCUT2D eigenvalue weighted by Gasteiger charge is 2.23. The summed E-state index contributed by atoms with van der Waals surface area (Å²) in [6, 6.07) is 82.8. The Morgan fingerprint density at radius 2 is 0.723 bits per heavy atom. The minimum atomic E-state index is -2.11. The molecule has 0 N–H and O–H groups in total. The summed E-state index contributed by atoms with van der Waals surface area (Å²) in [6.45, 7) is 4.16. The number of fused-ring (bicyclic) bond motifs is 12. The number of furan rings is 3. The van der Waals surface area contributed by atoms with Gasteiger partial charge in [0, 0.05) is 72.7 Å². The summed E-state index contributed by atoms with van der Waals surface area (Å²) in [5, 5.41) is 13.8. The summed E-state index contributed by atoms with van der Waals surface area (Å²) in [5.41, 5.74) is 22.0. The van der Waals surface area contributed by atoms with Crippen molar-refractivity contribution in [1.29, 1.82) is 0 Å². The summed E-state index contributed by atoms with van der Waals surface area (Å²) >= 11 is 0. The van der Waals surface area contributed by atoms with Crippen LogP contribution < -0.4 is 13.7 Å². The van der Waals surface area contributed by atoms with Crippen LogP contribution in [0.4, 0.5) is 0 Å². The maximum absolute atomic E-state index is 9.01. The Kier molecular flexibility index (Phi) is 13.7. The fourth-order valence-electron chi connectivity index (χ4n) is 14.4. The Bertz CT molecular complexity index is 6000. The molecule has 1 saturated carbocycles. The molecule has 1 fully saturated rings. The molecule has 456 valence electrons. The van der Waals surface area contributed by atoms with E-state index in [9.17, 15) is 0 Å². The lowest BCUT2D eigenvalue weighted by Gasteiger charge is -2.22. The van der Waals surface area contributed by atoms with Crippen molar-refractivity contribution in [2.45, 2.75) is 65.6 Å². The van der Waals surface area contributed by atoms with E-state index in [4.69, 9.17) is 18.7 Å². The molecular weight excluding hydrogens is 1150 g/mol. The summed E-state index contributed by atoms with van der Waals surface area (Å²) in [6.07, 6.45) is 11.7. The fraction of sp³-hybridized carbons (Fsp3) is 0.148. The number of aryl methyl sites for hydroxylation is 7. The van der Waals surface area contributed by atoms with E-state index in [0.717, 1.165) is 130 Å². The Morgan fingerprint density at radius 1 is 0.330 bits per heavy atom. The largest absolute Gasteiger partial charge is 0.450 e. The molecule has 6 heterocycles. The number of nitrogens with zero attached hydrogens (tertiary/aromatic N) is 3. The average molecular weight is 1230 g/mol. The van der Waals surface area contributed by atoms with Crippen LogP contribution in [0.1, 0.15) is 71.3 Å². The molecule has 0 unspecified atom stereocenters. The molecule has 18 rings (SSSR count). The lowest BCUT2D eigenvalue weighted by atomic mass is 9.83. The molecule has 0 amide bonds. The second kappa shape index (κ2) is 23.9. The molecule has 6 heteroatoms. The van der Waals surface area contributed by atoms with Crippen LogP contribution in [0.5, 0.6) is 0 Å². The highest BCUT2D eigenvalue weighted by molar-refractivity contribution is 6.13. The van der Waals surface area contributed by atoms with Gasteiger partial charge in [-0.05, 0) is 190 Å². The molecule has 0 radical (unpaired) electrons. The molecule has 0 spiro atoms. The molecule has 6 nitrogen and oxygen atoms in total. The molecule has 1 aliphatic carbocycles. The van der Waals surface area contributed by atoms with Crippen molar-refractivity contribution in [2.75, 3.05) is 0 Å².